The Bertz CT molecular complexity index is 422. The summed E-state index contributed by atoms with van der Waals surface area (Å²) in [5.41, 5.74) is 1.55. The van der Waals surface area contributed by atoms with E-state index in [9.17, 15) is 9.59 Å². The molecule has 0 aliphatic heterocycles. The third kappa shape index (κ3) is 3.13. The van der Waals surface area contributed by atoms with Crippen LogP contribution in [0.2, 0.25) is 0 Å². The van der Waals surface area contributed by atoms with Crippen LogP contribution in [0.4, 0.5) is 0 Å². The number of ketones is 1. The minimum atomic E-state index is -0.302. The predicted molar refractivity (Wildman–Crippen MR) is 78.1 cm³/mol. The van der Waals surface area contributed by atoms with Gasteiger partial charge in [0.15, 0.2) is 0 Å². The van der Waals surface area contributed by atoms with Crippen LogP contribution in [0.15, 0.2) is 12.2 Å². The Kier molecular flexibility index (Phi) is 4.36. The molecule has 3 heteroatoms. The van der Waals surface area contributed by atoms with E-state index in [0.717, 1.165) is 25.7 Å². The summed E-state index contributed by atoms with van der Waals surface area (Å²) < 4.78 is 5.07. The molecule has 3 atom stereocenters. The van der Waals surface area contributed by atoms with Crippen molar-refractivity contribution in [1.29, 1.82) is 0 Å². The van der Waals surface area contributed by atoms with E-state index in [0.29, 0.717) is 18.3 Å². The Morgan fingerprint density at radius 1 is 1.45 bits per heavy atom. The molecule has 0 aromatic carbocycles. The molecule has 2 rings (SSSR count). The molecule has 2 aliphatic rings. The number of ether oxygens (including phenoxy) is 1. The van der Waals surface area contributed by atoms with Crippen molar-refractivity contribution in [1.82, 2.24) is 0 Å². The maximum Gasteiger partial charge on any atom is 0.302 e. The van der Waals surface area contributed by atoms with Crippen molar-refractivity contribution in [2.75, 3.05) is 6.61 Å². The van der Waals surface area contributed by atoms with Crippen LogP contribution in [0, 0.1) is 23.2 Å². The molecule has 0 spiro atoms. The third-order valence-corrected chi connectivity index (χ3v) is 5.17. The van der Waals surface area contributed by atoms with Crippen LogP contribution in [0.25, 0.3) is 0 Å². The van der Waals surface area contributed by atoms with Crippen LogP contribution >= 0.6 is 0 Å². The largest absolute Gasteiger partial charge is 0.465 e. The van der Waals surface area contributed by atoms with Gasteiger partial charge in [-0.05, 0) is 42.9 Å². The fraction of sp³-hybridized carbons (Fsp3) is 0.765. The van der Waals surface area contributed by atoms with E-state index in [1.165, 1.54) is 12.5 Å². The van der Waals surface area contributed by atoms with Crippen molar-refractivity contribution >= 4 is 11.8 Å². The summed E-state index contributed by atoms with van der Waals surface area (Å²) in [7, 11) is 0. The van der Waals surface area contributed by atoms with Gasteiger partial charge in [-0.15, -0.1) is 0 Å². The van der Waals surface area contributed by atoms with Crippen molar-refractivity contribution in [2.45, 2.75) is 52.9 Å². The summed E-state index contributed by atoms with van der Waals surface area (Å²) in [5.74, 6) is 0.774. The summed E-state index contributed by atoms with van der Waals surface area (Å²) >= 11 is 0. The molecule has 2 unspecified atom stereocenters. The van der Waals surface area contributed by atoms with E-state index in [1.807, 2.05) is 0 Å². The number of rotatable bonds is 2. The molecule has 112 valence electrons. The first kappa shape index (κ1) is 15.3. The lowest BCUT2D eigenvalue weighted by atomic mass is 9.52. The van der Waals surface area contributed by atoms with Crippen molar-refractivity contribution in [3.05, 3.63) is 12.2 Å². The summed E-state index contributed by atoms with van der Waals surface area (Å²) in [4.78, 5) is 23.4. The van der Waals surface area contributed by atoms with E-state index in [4.69, 9.17) is 4.74 Å². The van der Waals surface area contributed by atoms with Crippen molar-refractivity contribution in [3.8, 4) is 0 Å². The molecular weight excluding hydrogens is 252 g/mol. The lowest BCUT2D eigenvalue weighted by molar-refractivity contribution is -0.144. The van der Waals surface area contributed by atoms with Crippen LogP contribution in [0.5, 0.6) is 0 Å². The second kappa shape index (κ2) is 5.71. The smallest absolute Gasteiger partial charge is 0.302 e. The first-order chi connectivity index (χ1) is 9.31. The van der Waals surface area contributed by atoms with Crippen LogP contribution in [0.3, 0.4) is 0 Å². The lowest BCUT2D eigenvalue weighted by Gasteiger charge is -2.52. The molecule has 0 bridgehead atoms. The van der Waals surface area contributed by atoms with Gasteiger partial charge in [0.2, 0.25) is 0 Å². The highest BCUT2D eigenvalue weighted by molar-refractivity contribution is 5.82. The number of esters is 1. The number of Topliss-reactive ketones (excluding diaryl/α,β-unsaturated/α-hetero) is 1. The quantitative estimate of drug-likeness (QED) is 0.573. The van der Waals surface area contributed by atoms with Crippen LogP contribution < -0.4 is 0 Å². The van der Waals surface area contributed by atoms with Gasteiger partial charge < -0.3 is 4.74 Å². The molecule has 2 aliphatic carbocycles. The molecule has 2 saturated carbocycles. The Morgan fingerprint density at radius 2 is 2.15 bits per heavy atom. The van der Waals surface area contributed by atoms with Gasteiger partial charge in [-0.2, -0.15) is 0 Å². The minimum absolute atomic E-state index is 0.123. The van der Waals surface area contributed by atoms with Crippen LogP contribution in [-0.4, -0.2) is 18.4 Å². The summed E-state index contributed by atoms with van der Waals surface area (Å²) in [6.45, 7) is 10.4. The zero-order valence-corrected chi connectivity index (χ0v) is 12.9. The van der Waals surface area contributed by atoms with E-state index < -0.39 is 0 Å². The Labute approximate surface area is 121 Å². The van der Waals surface area contributed by atoms with Gasteiger partial charge in [0.05, 0.1) is 5.92 Å². The number of fused-ring (bicyclic) bond motifs is 1. The molecular formula is C17H26O3. The maximum absolute atomic E-state index is 12.5. The van der Waals surface area contributed by atoms with E-state index in [1.54, 1.807) is 0 Å². The Morgan fingerprint density at radius 3 is 2.75 bits per heavy atom. The van der Waals surface area contributed by atoms with Gasteiger partial charge in [0.1, 0.15) is 12.4 Å². The first-order valence-electron chi connectivity index (χ1n) is 7.65. The minimum Gasteiger partial charge on any atom is -0.465 e. The summed E-state index contributed by atoms with van der Waals surface area (Å²) in [6, 6.07) is 0. The molecule has 0 radical (unpaired) electrons. The number of allylic oxidation sites excluding steroid dienone is 1. The van der Waals surface area contributed by atoms with E-state index in [2.05, 4.69) is 20.4 Å². The van der Waals surface area contributed by atoms with E-state index in [-0.39, 0.29) is 29.7 Å². The van der Waals surface area contributed by atoms with Crippen molar-refractivity contribution < 1.29 is 14.3 Å². The number of carbonyl (C=O) groups excluding carboxylic acids is 2. The SMILES string of the molecule is C=C1CCCC(COC(C)=O)C(=O)C[C@@H]2C1CC2(C)C. The summed E-state index contributed by atoms with van der Waals surface area (Å²) in [5, 5.41) is 0. The number of carbonyl (C=O) groups is 2. The van der Waals surface area contributed by atoms with Gasteiger partial charge in [0, 0.05) is 13.3 Å². The molecule has 0 saturated heterocycles. The van der Waals surface area contributed by atoms with Gasteiger partial charge >= 0.3 is 5.97 Å². The lowest BCUT2D eigenvalue weighted by Crippen LogP contribution is -2.46. The summed E-state index contributed by atoms with van der Waals surface area (Å²) in [6.07, 6.45) is 4.55. The number of hydrogen-bond acceptors (Lipinski definition) is 3. The molecule has 0 aromatic rings. The Balaban J connectivity index is 2.07. The monoisotopic (exact) mass is 278 g/mol. The average molecular weight is 278 g/mol. The molecule has 0 amide bonds. The molecule has 0 heterocycles. The third-order valence-electron chi connectivity index (χ3n) is 5.17. The van der Waals surface area contributed by atoms with Gasteiger partial charge in [-0.3, -0.25) is 9.59 Å². The highest BCUT2D eigenvalue weighted by Gasteiger charge is 2.49. The van der Waals surface area contributed by atoms with Crippen molar-refractivity contribution in [3.63, 3.8) is 0 Å². The second-order valence-electron chi connectivity index (χ2n) is 7.13. The zero-order valence-electron chi connectivity index (χ0n) is 12.9. The number of hydrogen-bond donors (Lipinski definition) is 0. The second-order valence-corrected chi connectivity index (χ2v) is 7.13. The van der Waals surface area contributed by atoms with Gasteiger partial charge in [0.25, 0.3) is 0 Å². The fourth-order valence-corrected chi connectivity index (χ4v) is 3.79. The van der Waals surface area contributed by atoms with Crippen LogP contribution in [0.1, 0.15) is 52.9 Å². The van der Waals surface area contributed by atoms with Gasteiger partial charge in [-0.1, -0.05) is 26.0 Å². The molecule has 3 nitrogen and oxygen atoms in total. The highest BCUT2D eigenvalue weighted by Crippen LogP contribution is 2.56. The molecule has 0 N–H and O–H groups in total. The highest BCUT2D eigenvalue weighted by atomic mass is 16.5. The molecule has 0 aromatic heterocycles. The standard InChI is InChI=1S/C17H26O3/c1-11-6-5-7-13(10-20-12(2)18)16(19)8-15-14(11)9-17(15,3)4/h13-15H,1,5-10H2,2-4H3/t13?,14?,15-/m1/s1. The van der Waals surface area contributed by atoms with Crippen LogP contribution in [-0.2, 0) is 14.3 Å². The molecule has 2 fully saturated rings. The van der Waals surface area contributed by atoms with Crippen molar-refractivity contribution in [2.24, 2.45) is 23.2 Å². The van der Waals surface area contributed by atoms with Gasteiger partial charge in [-0.25, -0.2) is 0 Å². The first-order valence-corrected chi connectivity index (χ1v) is 7.65. The van der Waals surface area contributed by atoms with E-state index >= 15 is 0 Å². The predicted octanol–water partition coefficient (Wildman–Crippen LogP) is 3.53. The fourth-order valence-electron chi connectivity index (χ4n) is 3.79. The molecule has 20 heavy (non-hydrogen) atoms. The Hall–Kier alpha value is -1.12. The maximum atomic E-state index is 12.5. The average Bonchev–Trinajstić information content (AvgIpc) is 2.40. The normalized spacial score (nSPS) is 33.2. The topological polar surface area (TPSA) is 43.4 Å². The zero-order chi connectivity index (χ0) is 14.9.